The van der Waals surface area contributed by atoms with E-state index in [9.17, 15) is 14.7 Å². The molecule has 192 valence electrons. The van der Waals surface area contributed by atoms with Gasteiger partial charge >= 0.3 is 12.1 Å². The molecule has 0 aliphatic heterocycles. The van der Waals surface area contributed by atoms with E-state index < -0.39 is 24.3 Å². The van der Waals surface area contributed by atoms with Crippen LogP contribution in [0.2, 0.25) is 0 Å². The number of aromatic hydroxyl groups is 1. The molecule has 0 aliphatic carbocycles. The quantitative estimate of drug-likeness (QED) is 0.172. The molecule has 0 spiro atoms. The predicted octanol–water partition coefficient (Wildman–Crippen LogP) is 6.39. The van der Waals surface area contributed by atoms with Gasteiger partial charge in [-0.3, -0.25) is 10.1 Å². The molecule has 0 unspecified atom stereocenters. The summed E-state index contributed by atoms with van der Waals surface area (Å²) in [5.41, 5.74) is 1.11. The van der Waals surface area contributed by atoms with E-state index in [4.69, 9.17) is 19.5 Å². The number of thiol groups is 1. The number of nitrogens with zero attached hydrogens (tertiary/aromatic N) is 1. The third kappa shape index (κ3) is 8.42. The number of carbonyl (C=O) groups excluding carboxylic acids is 2. The van der Waals surface area contributed by atoms with E-state index >= 15 is 0 Å². The van der Waals surface area contributed by atoms with Crippen molar-refractivity contribution in [1.29, 1.82) is 5.26 Å². The summed E-state index contributed by atoms with van der Waals surface area (Å²) in [6.07, 6.45) is -2.68. The second-order valence-corrected chi connectivity index (χ2v) is 9.69. The van der Waals surface area contributed by atoms with Crippen molar-refractivity contribution in [2.75, 3.05) is 17.7 Å². The van der Waals surface area contributed by atoms with Crippen LogP contribution in [0.1, 0.15) is 23.7 Å². The number of phenols is 1. The third-order valence-corrected chi connectivity index (χ3v) is 6.34. The molecule has 11 heteroatoms. The highest BCUT2D eigenvalue weighted by molar-refractivity contribution is 9.11. The molecular weight excluding hydrogens is 628 g/mol. The second kappa shape index (κ2) is 13.9. The van der Waals surface area contributed by atoms with Crippen LogP contribution >= 0.6 is 44.5 Å². The number of hydrogen-bond acceptors (Lipinski definition) is 8. The molecule has 37 heavy (non-hydrogen) atoms. The fourth-order valence-electron chi connectivity index (χ4n) is 3.31. The van der Waals surface area contributed by atoms with E-state index in [0.29, 0.717) is 25.9 Å². The fourth-order valence-corrected chi connectivity index (χ4v) is 4.66. The Morgan fingerprint density at radius 2 is 1.78 bits per heavy atom. The van der Waals surface area contributed by atoms with Crippen molar-refractivity contribution < 1.29 is 28.9 Å². The number of amides is 1. The van der Waals surface area contributed by atoms with Gasteiger partial charge in [-0.15, -0.1) is 0 Å². The second-order valence-electron chi connectivity index (χ2n) is 7.60. The van der Waals surface area contributed by atoms with Gasteiger partial charge in [0.15, 0.2) is 6.10 Å². The minimum atomic E-state index is -1.12. The molecule has 3 aromatic rings. The van der Waals surface area contributed by atoms with Crippen LogP contribution in [0.5, 0.6) is 11.5 Å². The molecule has 3 aromatic carbocycles. The minimum Gasteiger partial charge on any atom is -0.506 e. The average Bonchev–Trinajstić information content (AvgIpc) is 2.90. The number of ether oxygens (including phenoxy) is 3. The smallest absolute Gasteiger partial charge is 0.412 e. The monoisotopic (exact) mass is 648 g/mol. The van der Waals surface area contributed by atoms with Crippen molar-refractivity contribution in [2.45, 2.75) is 18.6 Å². The number of rotatable bonds is 10. The number of nitrogens with one attached hydrogen (secondary N) is 1. The number of hydrogen-bond donors (Lipinski definition) is 3. The topological polar surface area (TPSA) is 118 Å². The molecule has 0 fully saturated rings. The molecule has 2 N–H and O–H groups in total. The number of benzene rings is 3. The molecule has 8 nitrogen and oxygen atoms in total. The Morgan fingerprint density at radius 3 is 2.43 bits per heavy atom. The molecule has 3 rings (SSSR count). The molecule has 0 heterocycles. The van der Waals surface area contributed by atoms with E-state index in [1.54, 1.807) is 60.7 Å². The Labute approximate surface area is 236 Å². The maximum Gasteiger partial charge on any atom is 0.412 e. The summed E-state index contributed by atoms with van der Waals surface area (Å²) in [6.45, 7) is -0.0378. The van der Waals surface area contributed by atoms with Crippen molar-refractivity contribution in [3.05, 3.63) is 86.8 Å². The van der Waals surface area contributed by atoms with Crippen molar-refractivity contribution >= 4 is 62.2 Å². The fraction of sp³-hybridized carbons (Fsp3) is 0.192. The summed E-state index contributed by atoms with van der Waals surface area (Å²) in [4.78, 5) is 24.6. The van der Waals surface area contributed by atoms with Crippen LogP contribution in [0.25, 0.3) is 0 Å². The molecule has 0 aromatic heterocycles. The number of carbonyl (C=O) groups is 2. The summed E-state index contributed by atoms with van der Waals surface area (Å²) in [7, 11) is 0. The maximum absolute atomic E-state index is 13.0. The third-order valence-electron chi connectivity index (χ3n) is 5.02. The first kappa shape index (κ1) is 28.4. The SMILES string of the molecule is N#Cc1ccc(NC(=O)O[C@H](c2cc(Br)cc(Br)c2O)[C@@H](CCOC(=O)CS)Oc2ccccc2)cc1. The molecule has 1 amide bonds. The van der Waals surface area contributed by atoms with Gasteiger partial charge in [-0.2, -0.15) is 17.9 Å². The van der Waals surface area contributed by atoms with Gasteiger partial charge in [-0.05, 0) is 64.5 Å². The number of para-hydroxylation sites is 1. The van der Waals surface area contributed by atoms with Gasteiger partial charge in [0.1, 0.15) is 17.6 Å². The zero-order valence-electron chi connectivity index (χ0n) is 19.3. The lowest BCUT2D eigenvalue weighted by molar-refractivity contribution is -0.141. The van der Waals surface area contributed by atoms with Crippen LogP contribution in [0.3, 0.4) is 0 Å². The Morgan fingerprint density at radius 1 is 1.08 bits per heavy atom. The lowest BCUT2D eigenvalue weighted by Gasteiger charge is -2.29. The van der Waals surface area contributed by atoms with Crippen LogP contribution in [-0.2, 0) is 14.3 Å². The summed E-state index contributed by atoms with van der Waals surface area (Å²) < 4.78 is 18.2. The Kier molecular flexibility index (Phi) is 10.7. The van der Waals surface area contributed by atoms with Crippen molar-refractivity contribution in [1.82, 2.24) is 0 Å². The van der Waals surface area contributed by atoms with Crippen LogP contribution < -0.4 is 10.1 Å². The van der Waals surface area contributed by atoms with E-state index in [1.807, 2.05) is 12.1 Å². The minimum absolute atomic E-state index is 0.0378. The van der Waals surface area contributed by atoms with Crippen molar-refractivity contribution in [3.63, 3.8) is 0 Å². The summed E-state index contributed by atoms with van der Waals surface area (Å²) in [5.74, 6) is -0.252. The van der Waals surface area contributed by atoms with Gasteiger partial charge in [0.2, 0.25) is 0 Å². The van der Waals surface area contributed by atoms with Crippen molar-refractivity contribution in [2.24, 2.45) is 0 Å². The summed E-state index contributed by atoms with van der Waals surface area (Å²) in [5, 5.41) is 22.5. The number of esters is 1. The molecule has 0 aliphatic rings. The van der Waals surface area contributed by atoms with E-state index in [2.05, 4.69) is 49.8 Å². The van der Waals surface area contributed by atoms with Crippen LogP contribution in [-0.4, -0.2) is 35.6 Å². The standard InChI is InChI=1S/C26H22Br2N2O6S/c27-17-12-20(24(32)21(28)13-17)25(36-26(33)30-18-8-6-16(14-29)7-9-18)22(10-11-34-23(31)15-37)35-19-4-2-1-3-5-19/h1-9,12-13,22,25,32,37H,10-11,15H2,(H,30,33)/t22-,25-/m1/s1. The number of nitriles is 1. The number of anilines is 1. The molecular formula is C26H22Br2N2O6S. The Bertz CT molecular complexity index is 1270. The molecule has 0 bridgehead atoms. The van der Waals surface area contributed by atoms with E-state index in [-0.39, 0.29) is 30.1 Å². The average molecular weight is 650 g/mol. The largest absolute Gasteiger partial charge is 0.506 e. The number of halogens is 2. The van der Waals surface area contributed by atoms with Crippen LogP contribution in [0.15, 0.2) is 75.7 Å². The molecule has 0 saturated heterocycles. The molecule has 0 saturated carbocycles. The van der Waals surface area contributed by atoms with Gasteiger partial charge < -0.3 is 19.3 Å². The highest BCUT2D eigenvalue weighted by Gasteiger charge is 2.33. The zero-order valence-corrected chi connectivity index (χ0v) is 23.3. The lowest BCUT2D eigenvalue weighted by Crippen LogP contribution is -2.32. The zero-order chi connectivity index (χ0) is 26.8. The number of phenolic OH excluding ortho intramolecular Hbond substituents is 1. The molecule has 0 radical (unpaired) electrons. The van der Waals surface area contributed by atoms with Gasteiger partial charge in [-0.25, -0.2) is 4.79 Å². The summed E-state index contributed by atoms with van der Waals surface area (Å²) >= 11 is 10.6. The van der Waals surface area contributed by atoms with E-state index in [1.165, 1.54) is 0 Å². The first-order chi connectivity index (χ1) is 17.8. The summed E-state index contributed by atoms with van der Waals surface area (Å²) in [6, 6.07) is 20.4. The van der Waals surface area contributed by atoms with E-state index in [0.717, 1.165) is 0 Å². The normalized spacial score (nSPS) is 12.1. The Balaban J connectivity index is 1.95. The van der Waals surface area contributed by atoms with Crippen LogP contribution in [0, 0.1) is 11.3 Å². The Hall–Kier alpha value is -3.20. The first-order valence-electron chi connectivity index (χ1n) is 10.9. The van der Waals surface area contributed by atoms with Gasteiger partial charge in [0.25, 0.3) is 0 Å². The predicted molar refractivity (Wildman–Crippen MR) is 148 cm³/mol. The van der Waals surface area contributed by atoms with Crippen molar-refractivity contribution in [3.8, 4) is 17.6 Å². The first-order valence-corrected chi connectivity index (χ1v) is 13.2. The van der Waals surface area contributed by atoms with Gasteiger partial charge in [0, 0.05) is 22.1 Å². The van der Waals surface area contributed by atoms with Gasteiger partial charge in [0.05, 0.1) is 28.5 Å². The molecule has 2 atom stereocenters. The van der Waals surface area contributed by atoms with Gasteiger partial charge in [-0.1, -0.05) is 34.1 Å². The lowest BCUT2D eigenvalue weighted by atomic mass is 10.0. The highest BCUT2D eigenvalue weighted by atomic mass is 79.9. The van der Waals surface area contributed by atoms with Crippen LogP contribution in [0.4, 0.5) is 10.5 Å². The maximum atomic E-state index is 13.0. The highest BCUT2D eigenvalue weighted by Crippen LogP contribution is 2.39.